The van der Waals surface area contributed by atoms with E-state index in [0.29, 0.717) is 42.1 Å². The Hall–Kier alpha value is -2.74. The molecule has 4 N–H and O–H groups in total. The Balaban J connectivity index is 1.51. The first-order valence-corrected chi connectivity index (χ1v) is 9.90. The van der Waals surface area contributed by atoms with Gasteiger partial charge in [-0.3, -0.25) is 9.78 Å². The summed E-state index contributed by atoms with van der Waals surface area (Å²) in [5.74, 6) is 0.402. The van der Waals surface area contributed by atoms with E-state index >= 15 is 0 Å². The number of para-hydroxylation sites is 1. The Morgan fingerprint density at radius 3 is 2.62 bits per heavy atom. The van der Waals surface area contributed by atoms with Gasteiger partial charge in [-0.25, -0.2) is 0 Å². The van der Waals surface area contributed by atoms with Crippen molar-refractivity contribution in [2.45, 2.75) is 25.3 Å². The molecular formula is C22H24BN3O3. The van der Waals surface area contributed by atoms with E-state index in [1.807, 2.05) is 17.0 Å². The van der Waals surface area contributed by atoms with Crippen molar-refractivity contribution in [2.75, 3.05) is 13.1 Å². The molecule has 0 bridgehead atoms. The van der Waals surface area contributed by atoms with E-state index in [0.717, 1.165) is 23.8 Å². The van der Waals surface area contributed by atoms with Crippen molar-refractivity contribution in [1.82, 2.24) is 9.88 Å². The molecule has 1 aromatic heterocycles. The highest BCUT2D eigenvalue weighted by molar-refractivity contribution is 6.58. The minimum Gasteiger partial charge on any atom is -0.423 e. The molecule has 1 amide bonds. The number of piperidine rings is 1. The number of likely N-dealkylation sites (tertiary alicyclic amines) is 1. The van der Waals surface area contributed by atoms with Crippen LogP contribution in [0.3, 0.4) is 0 Å². The van der Waals surface area contributed by atoms with Crippen LogP contribution in [0.25, 0.3) is 10.9 Å². The molecule has 0 unspecified atom stereocenters. The van der Waals surface area contributed by atoms with Crippen LogP contribution >= 0.6 is 0 Å². The molecule has 0 atom stereocenters. The Kier molecular flexibility index (Phi) is 5.62. The number of nitrogens with zero attached hydrogens (tertiary/aromatic N) is 2. The minimum atomic E-state index is -1.58. The van der Waals surface area contributed by atoms with Crippen LogP contribution < -0.4 is 11.2 Å². The summed E-state index contributed by atoms with van der Waals surface area (Å²) >= 11 is 0. The maximum absolute atomic E-state index is 13.1. The number of benzene rings is 2. The second-order valence-corrected chi connectivity index (χ2v) is 7.54. The van der Waals surface area contributed by atoms with Crippen molar-refractivity contribution in [2.24, 2.45) is 5.73 Å². The highest BCUT2D eigenvalue weighted by Gasteiger charge is 2.26. The van der Waals surface area contributed by atoms with E-state index in [9.17, 15) is 14.8 Å². The third kappa shape index (κ3) is 4.03. The highest BCUT2D eigenvalue weighted by atomic mass is 16.4. The molecular weight excluding hydrogens is 365 g/mol. The Bertz CT molecular complexity index is 1030. The first-order valence-electron chi connectivity index (χ1n) is 9.90. The number of aromatic nitrogens is 1. The molecule has 2 aromatic carbocycles. The molecule has 148 valence electrons. The molecule has 1 saturated heterocycles. The highest BCUT2D eigenvalue weighted by Crippen LogP contribution is 2.29. The number of nitrogens with two attached hydrogens (primary N) is 1. The Morgan fingerprint density at radius 1 is 1.14 bits per heavy atom. The lowest BCUT2D eigenvalue weighted by Crippen LogP contribution is -2.38. The third-order valence-electron chi connectivity index (χ3n) is 5.70. The largest absolute Gasteiger partial charge is 0.490 e. The fourth-order valence-electron chi connectivity index (χ4n) is 4.05. The Morgan fingerprint density at radius 2 is 1.90 bits per heavy atom. The SMILES string of the molecule is NCc1cccc(C2CCN(C(=O)c3cccc4cc(B(O)O)cnc34)CC2)c1. The zero-order valence-electron chi connectivity index (χ0n) is 16.2. The fraction of sp³-hybridized carbons (Fsp3) is 0.273. The van der Waals surface area contributed by atoms with Crippen LogP contribution in [0.4, 0.5) is 0 Å². The van der Waals surface area contributed by atoms with Gasteiger partial charge in [-0.2, -0.15) is 0 Å². The molecule has 0 spiro atoms. The molecule has 0 saturated carbocycles. The number of pyridine rings is 1. The first-order chi connectivity index (χ1) is 14.1. The van der Waals surface area contributed by atoms with E-state index in [4.69, 9.17) is 5.73 Å². The average molecular weight is 389 g/mol. The van der Waals surface area contributed by atoms with Gasteiger partial charge in [0.2, 0.25) is 0 Å². The molecule has 0 radical (unpaired) electrons. The predicted octanol–water partition coefficient (Wildman–Crippen LogP) is 1.39. The third-order valence-corrected chi connectivity index (χ3v) is 5.70. The van der Waals surface area contributed by atoms with Crippen molar-refractivity contribution in [1.29, 1.82) is 0 Å². The quantitative estimate of drug-likeness (QED) is 0.586. The molecule has 3 aromatic rings. The maximum Gasteiger partial charge on any atom is 0.490 e. The molecule has 29 heavy (non-hydrogen) atoms. The van der Waals surface area contributed by atoms with E-state index in [1.54, 1.807) is 18.2 Å². The van der Waals surface area contributed by atoms with Crippen LogP contribution in [0, 0.1) is 0 Å². The molecule has 1 aliphatic rings. The van der Waals surface area contributed by atoms with Gasteiger partial charge in [0.05, 0.1) is 11.1 Å². The number of amides is 1. The van der Waals surface area contributed by atoms with Gasteiger partial charge in [0.15, 0.2) is 0 Å². The van der Waals surface area contributed by atoms with Gasteiger partial charge in [-0.1, -0.05) is 42.5 Å². The van der Waals surface area contributed by atoms with Crippen molar-refractivity contribution in [3.63, 3.8) is 0 Å². The van der Waals surface area contributed by atoms with Crippen LogP contribution in [0.2, 0.25) is 0 Å². The number of hydrogen-bond acceptors (Lipinski definition) is 5. The van der Waals surface area contributed by atoms with Crippen LogP contribution in [0.1, 0.15) is 40.2 Å². The second kappa shape index (κ2) is 8.33. The van der Waals surface area contributed by atoms with Gasteiger partial charge in [-0.15, -0.1) is 0 Å². The molecule has 7 heteroatoms. The summed E-state index contributed by atoms with van der Waals surface area (Å²) in [4.78, 5) is 19.4. The Labute approximate surface area is 170 Å². The van der Waals surface area contributed by atoms with Crippen molar-refractivity contribution in [3.05, 3.63) is 71.4 Å². The number of rotatable bonds is 4. The monoisotopic (exact) mass is 389 g/mol. The minimum absolute atomic E-state index is 0.0328. The summed E-state index contributed by atoms with van der Waals surface area (Å²) in [7, 11) is -1.58. The van der Waals surface area contributed by atoms with E-state index in [-0.39, 0.29) is 5.91 Å². The molecule has 1 fully saturated rings. The first kappa shape index (κ1) is 19.6. The summed E-state index contributed by atoms with van der Waals surface area (Å²) in [6.07, 6.45) is 3.23. The van der Waals surface area contributed by atoms with Crippen molar-refractivity contribution < 1.29 is 14.8 Å². The maximum atomic E-state index is 13.1. The molecule has 2 heterocycles. The van der Waals surface area contributed by atoms with Crippen molar-refractivity contribution >= 4 is 29.4 Å². The average Bonchev–Trinajstić information content (AvgIpc) is 2.78. The summed E-state index contributed by atoms with van der Waals surface area (Å²) in [6.45, 7) is 1.93. The number of carbonyl (C=O) groups excluding carboxylic acids is 1. The van der Waals surface area contributed by atoms with Gasteiger partial charge in [0, 0.05) is 36.7 Å². The zero-order valence-corrected chi connectivity index (χ0v) is 16.2. The van der Waals surface area contributed by atoms with Crippen LogP contribution in [-0.2, 0) is 6.54 Å². The second-order valence-electron chi connectivity index (χ2n) is 7.54. The zero-order chi connectivity index (χ0) is 20.4. The fourth-order valence-corrected chi connectivity index (χ4v) is 4.05. The van der Waals surface area contributed by atoms with Gasteiger partial charge in [0.1, 0.15) is 0 Å². The topological polar surface area (TPSA) is 99.7 Å². The lowest BCUT2D eigenvalue weighted by molar-refractivity contribution is 0.0715. The van der Waals surface area contributed by atoms with E-state index in [1.165, 1.54) is 11.8 Å². The molecule has 0 aliphatic carbocycles. The number of carbonyl (C=O) groups is 1. The number of fused-ring (bicyclic) bond motifs is 1. The van der Waals surface area contributed by atoms with Gasteiger partial charge in [-0.05, 0) is 36.0 Å². The predicted molar refractivity (Wildman–Crippen MR) is 114 cm³/mol. The lowest BCUT2D eigenvalue weighted by Gasteiger charge is -2.32. The van der Waals surface area contributed by atoms with Crippen molar-refractivity contribution in [3.8, 4) is 0 Å². The summed E-state index contributed by atoms with van der Waals surface area (Å²) < 4.78 is 0. The van der Waals surface area contributed by atoms with Gasteiger partial charge in [0.25, 0.3) is 5.91 Å². The molecule has 6 nitrogen and oxygen atoms in total. The van der Waals surface area contributed by atoms with E-state index in [2.05, 4.69) is 23.2 Å². The van der Waals surface area contributed by atoms with Crippen LogP contribution in [-0.4, -0.2) is 46.0 Å². The van der Waals surface area contributed by atoms with Crippen LogP contribution in [0.5, 0.6) is 0 Å². The van der Waals surface area contributed by atoms with Crippen LogP contribution in [0.15, 0.2) is 54.7 Å². The molecule has 4 rings (SSSR count). The number of hydrogen-bond donors (Lipinski definition) is 3. The standard InChI is InChI=1S/C22H24BN3O3/c24-13-15-3-1-4-17(11-15)16-7-9-26(10-8-16)22(27)20-6-2-5-18-12-19(23(28)29)14-25-21(18)20/h1-6,11-12,14,16,28-29H,7-10,13,24H2. The van der Waals surface area contributed by atoms with Gasteiger partial charge >= 0.3 is 7.12 Å². The smallest absolute Gasteiger partial charge is 0.423 e. The lowest BCUT2D eigenvalue weighted by atomic mass is 9.81. The van der Waals surface area contributed by atoms with Gasteiger partial charge < -0.3 is 20.7 Å². The normalized spacial score (nSPS) is 14.9. The summed E-state index contributed by atoms with van der Waals surface area (Å²) in [5, 5.41) is 19.4. The summed E-state index contributed by atoms with van der Waals surface area (Å²) in [5.41, 5.74) is 9.62. The molecule has 1 aliphatic heterocycles. The van der Waals surface area contributed by atoms with E-state index < -0.39 is 7.12 Å². The summed E-state index contributed by atoms with van der Waals surface area (Å²) in [6, 6.07) is 15.5.